The Morgan fingerprint density at radius 2 is 2.14 bits per heavy atom. The van der Waals surface area contributed by atoms with Crippen LogP contribution in [-0.4, -0.2) is 8.42 Å². The van der Waals surface area contributed by atoms with Crippen LogP contribution < -0.4 is 0 Å². The van der Waals surface area contributed by atoms with E-state index in [0.29, 0.717) is 0 Å². The van der Waals surface area contributed by atoms with Crippen LogP contribution in [0.25, 0.3) is 0 Å². The number of nitrogens with zero attached hydrogens (tertiary/aromatic N) is 1. The smallest absolute Gasteiger partial charge is 0.200 e. The fourth-order valence-electron chi connectivity index (χ4n) is 0.940. The average Bonchev–Trinajstić information content (AvgIpc) is 2.17. The third kappa shape index (κ3) is 1.79. The minimum absolute atomic E-state index is 0.0472. The summed E-state index contributed by atoms with van der Waals surface area (Å²) in [6.07, 6.45) is 0. The molecule has 0 amide bonds. The van der Waals surface area contributed by atoms with Crippen molar-refractivity contribution >= 4 is 21.4 Å². The minimum atomic E-state index is -3.61. The van der Waals surface area contributed by atoms with Crippen LogP contribution in [0.5, 0.6) is 0 Å². The van der Waals surface area contributed by atoms with Crippen LogP contribution in [0.2, 0.25) is 5.02 Å². The van der Waals surface area contributed by atoms with Crippen LogP contribution >= 0.6 is 11.6 Å². The van der Waals surface area contributed by atoms with Crippen molar-refractivity contribution in [2.45, 2.75) is 4.90 Å². The molecule has 0 saturated carbocycles. The van der Waals surface area contributed by atoms with Crippen molar-refractivity contribution in [2.24, 2.45) is 0 Å². The fraction of sp³-hybridized carbons (Fsp3) is 0. The lowest BCUT2D eigenvalue weighted by molar-refractivity contribution is 0.604. The van der Waals surface area contributed by atoms with E-state index in [2.05, 4.69) is 6.58 Å². The van der Waals surface area contributed by atoms with Gasteiger partial charge in [0.15, 0.2) is 0 Å². The van der Waals surface area contributed by atoms with Gasteiger partial charge >= 0.3 is 0 Å². The van der Waals surface area contributed by atoms with Crippen molar-refractivity contribution in [3.8, 4) is 6.07 Å². The van der Waals surface area contributed by atoms with Gasteiger partial charge in [0.05, 0.1) is 15.5 Å². The Labute approximate surface area is 87.2 Å². The number of hydrogen-bond donors (Lipinski definition) is 0. The molecule has 1 aromatic rings. The second kappa shape index (κ2) is 3.82. The maximum atomic E-state index is 11.4. The van der Waals surface area contributed by atoms with E-state index in [1.165, 1.54) is 18.2 Å². The van der Waals surface area contributed by atoms with Crippen molar-refractivity contribution in [3.05, 3.63) is 40.8 Å². The van der Waals surface area contributed by atoms with Gasteiger partial charge in [-0.2, -0.15) is 5.26 Å². The third-order valence-corrected chi connectivity index (χ3v) is 3.32. The Morgan fingerprint density at radius 1 is 1.50 bits per heavy atom. The molecular weight excluding hydrogens is 222 g/mol. The van der Waals surface area contributed by atoms with Gasteiger partial charge in [-0.3, -0.25) is 0 Å². The minimum Gasteiger partial charge on any atom is -0.219 e. The molecule has 0 radical (unpaired) electrons. The first kappa shape index (κ1) is 10.8. The maximum Gasteiger partial charge on any atom is 0.200 e. The SMILES string of the molecule is C=CS(=O)(=O)c1cccc(Cl)c1C#N. The van der Waals surface area contributed by atoms with E-state index in [1.807, 2.05) is 0 Å². The first-order valence-corrected chi connectivity index (χ1v) is 5.51. The molecular formula is C9H6ClNO2S. The van der Waals surface area contributed by atoms with Crippen molar-refractivity contribution in [1.82, 2.24) is 0 Å². The Morgan fingerprint density at radius 3 is 2.64 bits per heavy atom. The molecule has 0 spiro atoms. The first-order chi connectivity index (χ1) is 6.53. The fourth-order valence-corrected chi connectivity index (χ4v) is 2.10. The highest BCUT2D eigenvalue weighted by molar-refractivity contribution is 7.94. The van der Waals surface area contributed by atoms with E-state index in [4.69, 9.17) is 16.9 Å². The largest absolute Gasteiger partial charge is 0.219 e. The highest BCUT2D eigenvalue weighted by Crippen LogP contribution is 2.23. The van der Waals surface area contributed by atoms with Crippen molar-refractivity contribution < 1.29 is 8.42 Å². The van der Waals surface area contributed by atoms with Gasteiger partial charge in [-0.15, -0.1) is 0 Å². The lowest BCUT2D eigenvalue weighted by Crippen LogP contribution is -1.99. The monoisotopic (exact) mass is 227 g/mol. The summed E-state index contributed by atoms with van der Waals surface area (Å²) in [6, 6.07) is 6.00. The zero-order valence-electron chi connectivity index (χ0n) is 7.07. The summed E-state index contributed by atoms with van der Waals surface area (Å²) < 4.78 is 22.8. The topological polar surface area (TPSA) is 57.9 Å². The summed E-state index contributed by atoms with van der Waals surface area (Å²) >= 11 is 5.67. The number of rotatable bonds is 2. The molecule has 0 aliphatic heterocycles. The summed E-state index contributed by atoms with van der Waals surface area (Å²) in [5.41, 5.74) is -0.0472. The second-order valence-corrected chi connectivity index (χ2v) is 4.71. The highest BCUT2D eigenvalue weighted by Gasteiger charge is 2.16. The van der Waals surface area contributed by atoms with Gasteiger partial charge in [0.1, 0.15) is 6.07 Å². The predicted octanol–water partition coefficient (Wildman–Crippen LogP) is 2.13. The second-order valence-electron chi connectivity index (χ2n) is 2.44. The molecule has 5 heteroatoms. The van der Waals surface area contributed by atoms with E-state index < -0.39 is 9.84 Å². The molecule has 0 bridgehead atoms. The van der Waals surface area contributed by atoms with Crippen molar-refractivity contribution in [2.75, 3.05) is 0 Å². The molecule has 14 heavy (non-hydrogen) atoms. The van der Waals surface area contributed by atoms with Gasteiger partial charge in [-0.05, 0) is 12.1 Å². The Hall–Kier alpha value is -1.31. The predicted molar refractivity (Wildman–Crippen MR) is 53.5 cm³/mol. The molecule has 0 aliphatic rings. The molecule has 1 aromatic carbocycles. The van der Waals surface area contributed by atoms with Gasteiger partial charge in [0, 0.05) is 5.41 Å². The number of benzene rings is 1. The maximum absolute atomic E-state index is 11.4. The molecule has 0 saturated heterocycles. The van der Waals surface area contributed by atoms with Gasteiger partial charge in [0.25, 0.3) is 0 Å². The zero-order chi connectivity index (χ0) is 10.8. The van der Waals surface area contributed by atoms with E-state index in [9.17, 15) is 8.42 Å². The molecule has 0 aromatic heterocycles. The lowest BCUT2D eigenvalue weighted by Gasteiger charge is -2.02. The molecule has 3 nitrogen and oxygen atoms in total. The normalized spacial score (nSPS) is 10.6. The zero-order valence-corrected chi connectivity index (χ0v) is 8.64. The molecule has 0 unspecified atom stereocenters. The van der Waals surface area contributed by atoms with Crippen LogP contribution in [0.15, 0.2) is 35.1 Å². The lowest BCUT2D eigenvalue weighted by atomic mass is 10.2. The van der Waals surface area contributed by atoms with Crippen molar-refractivity contribution in [1.29, 1.82) is 5.26 Å². The summed E-state index contributed by atoms with van der Waals surface area (Å²) in [4.78, 5) is -0.109. The van der Waals surface area contributed by atoms with E-state index in [-0.39, 0.29) is 15.5 Å². The molecule has 0 heterocycles. The highest BCUT2D eigenvalue weighted by atomic mass is 35.5. The third-order valence-electron chi connectivity index (χ3n) is 1.61. The van der Waals surface area contributed by atoms with E-state index in [1.54, 1.807) is 6.07 Å². The molecule has 1 rings (SSSR count). The number of hydrogen-bond acceptors (Lipinski definition) is 3. The summed E-state index contributed by atoms with van der Waals surface area (Å²) in [7, 11) is -3.61. The van der Waals surface area contributed by atoms with Crippen LogP contribution in [0.3, 0.4) is 0 Å². The summed E-state index contributed by atoms with van der Waals surface area (Å²) in [6.45, 7) is 3.17. The Bertz CT molecular complexity index is 514. The Balaban J connectivity index is 3.61. The van der Waals surface area contributed by atoms with Crippen LogP contribution in [0, 0.1) is 11.3 Å². The van der Waals surface area contributed by atoms with Crippen LogP contribution in [0.4, 0.5) is 0 Å². The van der Waals surface area contributed by atoms with Crippen LogP contribution in [-0.2, 0) is 9.84 Å². The summed E-state index contributed by atoms with van der Waals surface area (Å²) in [5, 5.41) is 9.64. The molecule has 0 atom stereocenters. The Kier molecular flexibility index (Phi) is 2.94. The van der Waals surface area contributed by atoms with E-state index in [0.717, 1.165) is 5.41 Å². The standard InChI is InChI=1S/C9H6ClNO2S/c1-2-14(12,13)9-5-3-4-8(10)7(9)6-11/h2-5H,1H2. The quantitative estimate of drug-likeness (QED) is 0.778. The molecule has 0 N–H and O–H groups in total. The van der Waals surface area contributed by atoms with Gasteiger partial charge in [0.2, 0.25) is 9.84 Å². The molecule has 0 aliphatic carbocycles. The molecule has 0 fully saturated rings. The first-order valence-electron chi connectivity index (χ1n) is 3.59. The number of halogens is 1. The number of nitriles is 1. The summed E-state index contributed by atoms with van der Waals surface area (Å²) in [5.74, 6) is 0. The van der Waals surface area contributed by atoms with E-state index >= 15 is 0 Å². The van der Waals surface area contributed by atoms with Gasteiger partial charge in [-0.25, -0.2) is 8.42 Å². The number of sulfone groups is 1. The van der Waals surface area contributed by atoms with Crippen LogP contribution in [0.1, 0.15) is 5.56 Å². The average molecular weight is 228 g/mol. The van der Waals surface area contributed by atoms with Gasteiger partial charge in [-0.1, -0.05) is 24.2 Å². The molecule has 72 valence electrons. The van der Waals surface area contributed by atoms with Gasteiger partial charge < -0.3 is 0 Å². The van der Waals surface area contributed by atoms with Crippen molar-refractivity contribution in [3.63, 3.8) is 0 Å².